The number of aryl methyl sites for hydroxylation is 2. The zero-order valence-corrected chi connectivity index (χ0v) is 17.0. The summed E-state index contributed by atoms with van der Waals surface area (Å²) in [6.07, 6.45) is 0. The molecule has 0 aliphatic carbocycles. The predicted octanol–water partition coefficient (Wildman–Crippen LogP) is 4.77. The standard InChI is InChI=1S/C20H22ClN3OS/c1-13-10-14(2)18-17(11-13)26-20(22-18)24(9-8-23(3)4)19(25)15-6-5-7-16(21)12-15/h5-7,10-12H,8-9H2,1-4H3. The molecule has 0 N–H and O–H groups in total. The first kappa shape index (κ1) is 18.8. The predicted molar refractivity (Wildman–Crippen MR) is 111 cm³/mol. The fraction of sp³-hybridized carbons (Fsp3) is 0.300. The molecular formula is C20H22ClN3OS. The van der Waals surface area contributed by atoms with Crippen LogP contribution >= 0.6 is 22.9 Å². The van der Waals surface area contributed by atoms with Gasteiger partial charge in [0.15, 0.2) is 5.13 Å². The van der Waals surface area contributed by atoms with Crippen LogP contribution in [0.3, 0.4) is 0 Å². The zero-order chi connectivity index (χ0) is 18.8. The molecule has 0 saturated carbocycles. The van der Waals surface area contributed by atoms with Crippen molar-refractivity contribution in [3.63, 3.8) is 0 Å². The molecule has 0 fully saturated rings. The number of hydrogen-bond acceptors (Lipinski definition) is 4. The van der Waals surface area contributed by atoms with Gasteiger partial charge in [-0.2, -0.15) is 0 Å². The number of carbonyl (C=O) groups excluding carboxylic acids is 1. The number of hydrogen-bond donors (Lipinski definition) is 0. The Morgan fingerprint density at radius 2 is 1.92 bits per heavy atom. The Balaban J connectivity index is 2.03. The molecule has 0 aliphatic heterocycles. The van der Waals surface area contributed by atoms with Crippen molar-refractivity contribution in [1.82, 2.24) is 9.88 Å². The lowest BCUT2D eigenvalue weighted by atomic mass is 10.1. The Labute approximate surface area is 163 Å². The van der Waals surface area contributed by atoms with Gasteiger partial charge in [-0.05, 0) is 63.3 Å². The van der Waals surface area contributed by atoms with Gasteiger partial charge < -0.3 is 4.90 Å². The normalized spacial score (nSPS) is 11.3. The average molecular weight is 388 g/mol. The van der Waals surface area contributed by atoms with Crippen molar-refractivity contribution < 1.29 is 4.79 Å². The molecule has 3 aromatic rings. The maximum Gasteiger partial charge on any atom is 0.260 e. The van der Waals surface area contributed by atoms with Gasteiger partial charge in [0.05, 0.1) is 10.2 Å². The number of fused-ring (bicyclic) bond motifs is 1. The number of aromatic nitrogens is 1. The molecule has 0 spiro atoms. The molecule has 0 radical (unpaired) electrons. The van der Waals surface area contributed by atoms with Crippen molar-refractivity contribution in [3.8, 4) is 0 Å². The van der Waals surface area contributed by atoms with E-state index in [9.17, 15) is 4.79 Å². The van der Waals surface area contributed by atoms with Crippen LogP contribution in [-0.4, -0.2) is 43.0 Å². The van der Waals surface area contributed by atoms with Crippen molar-refractivity contribution in [3.05, 3.63) is 58.1 Å². The topological polar surface area (TPSA) is 36.4 Å². The minimum atomic E-state index is -0.0808. The Hall–Kier alpha value is -1.95. The van der Waals surface area contributed by atoms with Gasteiger partial charge in [0.1, 0.15) is 0 Å². The summed E-state index contributed by atoms with van der Waals surface area (Å²) in [4.78, 5) is 21.7. The van der Waals surface area contributed by atoms with Gasteiger partial charge in [0.25, 0.3) is 5.91 Å². The number of halogens is 1. The van der Waals surface area contributed by atoms with Crippen molar-refractivity contribution in [2.75, 3.05) is 32.1 Å². The van der Waals surface area contributed by atoms with Crippen molar-refractivity contribution in [2.45, 2.75) is 13.8 Å². The van der Waals surface area contributed by atoms with E-state index in [1.165, 1.54) is 5.56 Å². The SMILES string of the molecule is Cc1cc(C)c2nc(N(CCN(C)C)C(=O)c3cccc(Cl)c3)sc2c1. The van der Waals surface area contributed by atoms with Gasteiger partial charge >= 0.3 is 0 Å². The lowest BCUT2D eigenvalue weighted by Crippen LogP contribution is -2.36. The van der Waals surface area contributed by atoms with Gasteiger partial charge in [-0.15, -0.1) is 0 Å². The van der Waals surface area contributed by atoms with Crippen LogP contribution in [0.1, 0.15) is 21.5 Å². The van der Waals surface area contributed by atoms with E-state index >= 15 is 0 Å². The molecule has 1 aromatic heterocycles. The Bertz CT molecular complexity index is 951. The smallest absolute Gasteiger partial charge is 0.260 e. The van der Waals surface area contributed by atoms with E-state index in [0.717, 1.165) is 27.5 Å². The van der Waals surface area contributed by atoms with Gasteiger partial charge in [-0.1, -0.05) is 35.1 Å². The molecule has 0 aliphatic rings. The van der Waals surface area contributed by atoms with E-state index in [1.54, 1.807) is 40.5 Å². The highest BCUT2D eigenvalue weighted by Crippen LogP contribution is 2.32. The molecule has 1 heterocycles. The van der Waals surface area contributed by atoms with Crippen LogP contribution < -0.4 is 4.90 Å². The van der Waals surface area contributed by atoms with E-state index in [1.807, 2.05) is 14.1 Å². The quantitative estimate of drug-likeness (QED) is 0.632. The van der Waals surface area contributed by atoms with Crippen LogP contribution in [0.15, 0.2) is 36.4 Å². The molecule has 0 unspecified atom stereocenters. The molecule has 6 heteroatoms. The lowest BCUT2D eigenvalue weighted by molar-refractivity contribution is 0.0985. The third-order valence-corrected chi connectivity index (χ3v) is 5.40. The molecular weight excluding hydrogens is 366 g/mol. The van der Waals surface area contributed by atoms with E-state index < -0.39 is 0 Å². The highest BCUT2D eigenvalue weighted by Gasteiger charge is 2.22. The summed E-state index contributed by atoms with van der Waals surface area (Å²) < 4.78 is 1.10. The van der Waals surface area contributed by atoms with Gasteiger partial charge in [-0.3, -0.25) is 9.69 Å². The lowest BCUT2D eigenvalue weighted by Gasteiger charge is -2.22. The summed E-state index contributed by atoms with van der Waals surface area (Å²) in [6, 6.07) is 11.3. The highest BCUT2D eigenvalue weighted by atomic mass is 35.5. The summed E-state index contributed by atoms with van der Waals surface area (Å²) in [5.74, 6) is -0.0808. The van der Waals surface area contributed by atoms with E-state index in [4.69, 9.17) is 16.6 Å². The maximum absolute atomic E-state index is 13.2. The Morgan fingerprint density at radius 1 is 1.15 bits per heavy atom. The Kier molecular flexibility index (Phi) is 5.61. The molecule has 3 rings (SSSR count). The first-order chi connectivity index (χ1) is 12.3. The van der Waals surface area contributed by atoms with Gasteiger partial charge in [-0.25, -0.2) is 4.98 Å². The van der Waals surface area contributed by atoms with Crippen molar-refractivity contribution in [1.29, 1.82) is 0 Å². The van der Waals surface area contributed by atoms with E-state index in [2.05, 4.69) is 30.9 Å². The maximum atomic E-state index is 13.2. The summed E-state index contributed by atoms with van der Waals surface area (Å²) in [6.45, 7) is 5.45. The van der Waals surface area contributed by atoms with Crippen LogP contribution in [0.25, 0.3) is 10.2 Å². The molecule has 0 bridgehead atoms. The number of rotatable bonds is 5. The molecule has 0 atom stereocenters. The van der Waals surface area contributed by atoms with Crippen molar-refractivity contribution in [2.24, 2.45) is 0 Å². The van der Waals surface area contributed by atoms with Gasteiger partial charge in [0, 0.05) is 23.7 Å². The van der Waals surface area contributed by atoms with Crippen LogP contribution in [0, 0.1) is 13.8 Å². The number of carbonyl (C=O) groups is 1. The molecule has 2 aromatic carbocycles. The second kappa shape index (κ2) is 7.74. The molecule has 0 saturated heterocycles. The highest BCUT2D eigenvalue weighted by molar-refractivity contribution is 7.22. The average Bonchev–Trinajstić information content (AvgIpc) is 2.98. The Morgan fingerprint density at radius 3 is 2.62 bits per heavy atom. The first-order valence-corrected chi connectivity index (χ1v) is 9.64. The largest absolute Gasteiger partial charge is 0.308 e. The molecule has 136 valence electrons. The third-order valence-electron chi connectivity index (χ3n) is 4.14. The number of likely N-dealkylation sites (N-methyl/N-ethyl adjacent to an activating group) is 1. The summed E-state index contributed by atoms with van der Waals surface area (Å²) in [5, 5.41) is 1.28. The number of nitrogens with zero attached hydrogens (tertiary/aromatic N) is 3. The number of amides is 1. The van der Waals surface area contributed by atoms with Crippen LogP contribution in [-0.2, 0) is 0 Å². The summed E-state index contributed by atoms with van der Waals surface area (Å²) in [7, 11) is 3.99. The summed E-state index contributed by atoms with van der Waals surface area (Å²) >= 11 is 7.63. The van der Waals surface area contributed by atoms with Crippen LogP contribution in [0.4, 0.5) is 5.13 Å². The fourth-order valence-electron chi connectivity index (χ4n) is 2.84. The number of thiazole rings is 1. The second-order valence-electron chi connectivity index (χ2n) is 6.70. The summed E-state index contributed by atoms with van der Waals surface area (Å²) in [5.41, 5.74) is 3.87. The minimum absolute atomic E-state index is 0.0808. The number of anilines is 1. The van der Waals surface area contributed by atoms with Crippen molar-refractivity contribution >= 4 is 44.2 Å². The fourth-order valence-corrected chi connectivity index (χ4v) is 4.19. The monoisotopic (exact) mass is 387 g/mol. The number of benzene rings is 2. The molecule has 4 nitrogen and oxygen atoms in total. The first-order valence-electron chi connectivity index (χ1n) is 8.45. The van der Waals surface area contributed by atoms with Crippen LogP contribution in [0.5, 0.6) is 0 Å². The molecule has 1 amide bonds. The second-order valence-corrected chi connectivity index (χ2v) is 8.14. The molecule has 26 heavy (non-hydrogen) atoms. The van der Waals surface area contributed by atoms with E-state index in [0.29, 0.717) is 17.1 Å². The van der Waals surface area contributed by atoms with Gasteiger partial charge in [0.2, 0.25) is 0 Å². The third kappa shape index (κ3) is 4.06. The minimum Gasteiger partial charge on any atom is -0.308 e. The zero-order valence-electron chi connectivity index (χ0n) is 15.4. The van der Waals surface area contributed by atoms with E-state index in [-0.39, 0.29) is 5.91 Å². The van der Waals surface area contributed by atoms with Crippen LogP contribution in [0.2, 0.25) is 5.02 Å².